The van der Waals surface area contributed by atoms with E-state index in [0.717, 1.165) is 22.2 Å². The molecule has 0 aromatic heterocycles. The molecule has 0 radical (unpaired) electrons. The van der Waals surface area contributed by atoms with Gasteiger partial charge in [-0.05, 0) is 43.9 Å². The van der Waals surface area contributed by atoms with Gasteiger partial charge in [-0.25, -0.2) is 0 Å². The van der Waals surface area contributed by atoms with Crippen molar-refractivity contribution in [3.63, 3.8) is 0 Å². The minimum absolute atomic E-state index is 0.109. The molecule has 2 N–H and O–H groups in total. The Morgan fingerprint density at radius 3 is 2.85 bits per heavy atom. The molecule has 3 rings (SSSR count). The maximum atomic E-state index is 12.5. The Labute approximate surface area is 130 Å². The molecule has 1 aromatic carbocycles. The van der Waals surface area contributed by atoms with Crippen LogP contribution in [0.3, 0.4) is 0 Å². The standard InChI is InChI=1S/C15H20BrNO2S/c16-11-3-4-13(17)14(9-11)20(18)10-12-5-8-15(19-12)6-1-2-7-15/h3-4,9,12H,1-2,5-8,10,17H2. The number of rotatable bonds is 3. The fourth-order valence-corrected chi connectivity index (χ4v) is 5.22. The van der Waals surface area contributed by atoms with Gasteiger partial charge in [-0.3, -0.25) is 4.21 Å². The van der Waals surface area contributed by atoms with Crippen LogP contribution in [0.25, 0.3) is 0 Å². The number of nitrogens with two attached hydrogens (primary N) is 1. The van der Waals surface area contributed by atoms with Gasteiger partial charge < -0.3 is 10.5 Å². The van der Waals surface area contributed by atoms with Crippen molar-refractivity contribution in [2.45, 2.75) is 55.1 Å². The van der Waals surface area contributed by atoms with E-state index in [1.807, 2.05) is 12.1 Å². The van der Waals surface area contributed by atoms with Crippen LogP contribution >= 0.6 is 15.9 Å². The number of nitrogen functional groups attached to an aromatic ring is 1. The lowest BCUT2D eigenvalue weighted by Crippen LogP contribution is -2.27. The molecule has 0 bridgehead atoms. The van der Waals surface area contributed by atoms with E-state index in [1.54, 1.807) is 6.07 Å². The van der Waals surface area contributed by atoms with Crippen molar-refractivity contribution < 1.29 is 8.95 Å². The molecule has 2 aliphatic rings. The topological polar surface area (TPSA) is 52.3 Å². The van der Waals surface area contributed by atoms with Crippen molar-refractivity contribution in [3.05, 3.63) is 22.7 Å². The summed E-state index contributed by atoms with van der Waals surface area (Å²) in [5, 5.41) is 0. The first-order valence-electron chi connectivity index (χ1n) is 7.19. The second-order valence-corrected chi connectivity index (χ2v) is 8.24. The number of benzene rings is 1. The van der Waals surface area contributed by atoms with E-state index in [4.69, 9.17) is 10.5 Å². The maximum absolute atomic E-state index is 12.5. The van der Waals surface area contributed by atoms with Crippen LogP contribution in [0, 0.1) is 0 Å². The van der Waals surface area contributed by atoms with Gasteiger partial charge in [-0.1, -0.05) is 28.8 Å². The van der Waals surface area contributed by atoms with E-state index in [9.17, 15) is 4.21 Å². The summed E-state index contributed by atoms with van der Waals surface area (Å²) in [6, 6.07) is 5.52. The Bertz CT molecular complexity index is 529. The molecule has 5 heteroatoms. The lowest BCUT2D eigenvalue weighted by Gasteiger charge is -2.23. The van der Waals surface area contributed by atoms with Crippen LogP contribution in [0.4, 0.5) is 5.69 Å². The second kappa shape index (κ2) is 5.78. The molecule has 1 spiro atoms. The van der Waals surface area contributed by atoms with Crippen LogP contribution in [0.2, 0.25) is 0 Å². The third-order valence-corrected chi connectivity index (χ3v) is 6.42. The largest absolute Gasteiger partial charge is 0.398 e. The Balaban J connectivity index is 1.66. The fourth-order valence-electron chi connectivity index (χ4n) is 3.36. The van der Waals surface area contributed by atoms with Gasteiger partial charge in [0.25, 0.3) is 0 Å². The second-order valence-electron chi connectivity index (χ2n) is 5.86. The molecular formula is C15H20BrNO2S. The van der Waals surface area contributed by atoms with Crippen molar-refractivity contribution in [1.29, 1.82) is 0 Å². The molecule has 2 unspecified atom stereocenters. The van der Waals surface area contributed by atoms with Crippen LogP contribution in [0.15, 0.2) is 27.6 Å². The summed E-state index contributed by atoms with van der Waals surface area (Å²) < 4.78 is 19.6. The van der Waals surface area contributed by atoms with Crippen LogP contribution < -0.4 is 5.73 Å². The lowest BCUT2D eigenvalue weighted by atomic mass is 9.98. The minimum atomic E-state index is -1.09. The Kier molecular flexibility index (Phi) is 4.20. The van der Waals surface area contributed by atoms with Crippen molar-refractivity contribution in [3.8, 4) is 0 Å². The van der Waals surface area contributed by atoms with Gasteiger partial charge in [0, 0.05) is 10.2 Å². The van der Waals surface area contributed by atoms with Gasteiger partial charge in [0.05, 0.1) is 33.2 Å². The summed E-state index contributed by atoms with van der Waals surface area (Å²) in [6.07, 6.45) is 7.17. The Morgan fingerprint density at radius 1 is 1.35 bits per heavy atom. The Hall–Kier alpha value is -0.390. The Morgan fingerprint density at radius 2 is 2.10 bits per heavy atom. The normalized spacial score (nSPS) is 26.1. The monoisotopic (exact) mass is 357 g/mol. The quantitative estimate of drug-likeness (QED) is 0.840. The number of halogens is 1. The average Bonchev–Trinajstić information content (AvgIpc) is 3.03. The van der Waals surface area contributed by atoms with Crippen LogP contribution in [-0.2, 0) is 15.5 Å². The molecule has 1 aliphatic heterocycles. The highest BCUT2D eigenvalue weighted by Gasteiger charge is 2.42. The predicted molar refractivity (Wildman–Crippen MR) is 85.1 cm³/mol. The zero-order chi connectivity index (χ0) is 14.2. The first-order chi connectivity index (χ1) is 9.58. The molecule has 1 heterocycles. The smallest absolute Gasteiger partial charge is 0.0702 e. The molecule has 1 aromatic rings. The summed E-state index contributed by atoms with van der Waals surface area (Å²) in [5.41, 5.74) is 6.63. The van der Waals surface area contributed by atoms with Gasteiger partial charge in [-0.2, -0.15) is 0 Å². The molecule has 1 saturated heterocycles. The van der Waals surface area contributed by atoms with E-state index in [0.29, 0.717) is 11.4 Å². The number of hydrogen-bond donors (Lipinski definition) is 1. The third kappa shape index (κ3) is 2.95. The van der Waals surface area contributed by atoms with Crippen molar-refractivity contribution >= 4 is 32.4 Å². The molecule has 110 valence electrons. The van der Waals surface area contributed by atoms with E-state index in [2.05, 4.69) is 15.9 Å². The number of ether oxygens (including phenoxy) is 1. The van der Waals surface area contributed by atoms with Gasteiger partial charge in [0.1, 0.15) is 0 Å². The van der Waals surface area contributed by atoms with Gasteiger partial charge in [0.2, 0.25) is 0 Å². The molecular weight excluding hydrogens is 338 g/mol. The van der Waals surface area contributed by atoms with E-state index in [1.165, 1.54) is 25.7 Å². The molecule has 1 saturated carbocycles. The van der Waals surface area contributed by atoms with E-state index in [-0.39, 0.29) is 11.7 Å². The summed E-state index contributed by atoms with van der Waals surface area (Å²) in [6.45, 7) is 0. The van der Waals surface area contributed by atoms with Crippen molar-refractivity contribution in [2.24, 2.45) is 0 Å². The van der Waals surface area contributed by atoms with Crippen molar-refractivity contribution in [2.75, 3.05) is 11.5 Å². The van der Waals surface area contributed by atoms with Crippen LogP contribution in [0.5, 0.6) is 0 Å². The summed E-state index contributed by atoms with van der Waals surface area (Å²) in [4.78, 5) is 0.718. The predicted octanol–water partition coefficient (Wildman–Crippen LogP) is 3.63. The summed E-state index contributed by atoms with van der Waals surface area (Å²) in [7, 11) is -1.09. The summed E-state index contributed by atoms with van der Waals surface area (Å²) in [5.74, 6) is 0.558. The number of anilines is 1. The van der Waals surface area contributed by atoms with Crippen LogP contribution in [-0.4, -0.2) is 21.7 Å². The zero-order valence-electron chi connectivity index (χ0n) is 11.4. The highest BCUT2D eigenvalue weighted by atomic mass is 79.9. The van der Waals surface area contributed by atoms with E-state index < -0.39 is 10.8 Å². The fraction of sp³-hybridized carbons (Fsp3) is 0.600. The molecule has 1 aliphatic carbocycles. The molecule has 3 nitrogen and oxygen atoms in total. The van der Waals surface area contributed by atoms with Gasteiger partial charge >= 0.3 is 0 Å². The van der Waals surface area contributed by atoms with Gasteiger partial charge in [-0.15, -0.1) is 0 Å². The van der Waals surface area contributed by atoms with E-state index >= 15 is 0 Å². The highest BCUT2D eigenvalue weighted by Crippen LogP contribution is 2.43. The maximum Gasteiger partial charge on any atom is 0.0702 e. The molecule has 20 heavy (non-hydrogen) atoms. The first kappa shape index (κ1) is 14.5. The SMILES string of the molecule is Nc1ccc(Br)cc1S(=O)CC1CCC2(CCCC2)O1. The van der Waals surface area contributed by atoms with Crippen LogP contribution in [0.1, 0.15) is 38.5 Å². The lowest BCUT2D eigenvalue weighted by molar-refractivity contribution is -0.0270. The highest BCUT2D eigenvalue weighted by molar-refractivity contribution is 9.10. The molecule has 2 fully saturated rings. The van der Waals surface area contributed by atoms with Crippen molar-refractivity contribution in [1.82, 2.24) is 0 Å². The number of hydrogen-bond acceptors (Lipinski definition) is 3. The third-order valence-electron chi connectivity index (χ3n) is 4.41. The minimum Gasteiger partial charge on any atom is -0.398 e. The molecule has 0 amide bonds. The molecule has 2 atom stereocenters. The zero-order valence-corrected chi connectivity index (χ0v) is 13.8. The first-order valence-corrected chi connectivity index (χ1v) is 9.30. The summed E-state index contributed by atoms with van der Waals surface area (Å²) >= 11 is 3.40. The average molecular weight is 358 g/mol. The van der Waals surface area contributed by atoms with Gasteiger partial charge in [0.15, 0.2) is 0 Å².